The summed E-state index contributed by atoms with van der Waals surface area (Å²) in [5, 5.41) is 5.46. The zero-order valence-corrected chi connectivity index (χ0v) is 13.6. The van der Waals surface area contributed by atoms with Crippen LogP contribution in [0.1, 0.15) is 16.7 Å². The molecule has 0 radical (unpaired) electrons. The number of amides is 1. The van der Waals surface area contributed by atoms with Crippen molar-refractivity contribution in [2.24, 2.45) is 0 Å². The molecular weight excluding hydrogens is 341 g/mol. The number of nitrogens with one attached hydrogen (secondary N) is 2. The number of anilines is 1. The van der Waals surface area contributed by atoms with Crippen molar-refractivity contribution in [2.75, 3.05) is 11.9 Å². The predicted molar refractivity (Wildman–Crippen MR) is 88.0 cm³/mol. The van der Waals surface area contributed by atoms with Gasteiger partial charge in [-0.25, -0.2) is 0 Å². The predicted octanol–water partition coefficient (Wildman–Crippen LogP) is 4.40. The largest absolute Gasteiger partial charge is 0.416 e. The van der Waals surface area contributed by atoms with Crippen molar-refractivity contribution >= 4 is 23.2 Å². The Morgan fingerprint density at radius 3 is 2.54 bits per heavy atom. The van der Waals surface area contributed by atoms with Crippen molar-refractivity contribution in [3.8, 4) is 0 Å². The molecule has 2 rings (SSSR count). The van der Waals surface area contributed by atoms with E-state index in [-0.39, 0.29) is 23.2 Å². The van der Waals surface area contributed by atoms with E-state index in [4.69, 9.17) is 11.6 Å². The molecule has 0 aromatic heterocycles. The van der Waals surface area contributed by atoms with Crippen LogP contribution in [0.25, 0.3) is 0 Å². The lowest BCUT2D eigenvalue weighted by atomic mass is 10.1. The summed E-state index contributed by atoms with van der Waals surface area (Å²) in [6.07, 6.45) is -4.46. The van der Waals surface area contributed by atoms with Gasteiger partial charge in [0, 0.05) is 6.54 Å². The summed E-state index contributed by atoms with van der Waals surface area (Å²) in [6, 6.07) is 10.5. The highest BCUT2D eigenvalue weighted by Crippen LogP contribution is 2.33. The van der Waals surface area contributed by atoms with Crippen molar-refractivity contribution in [2.45, 2.75) is 19.6 Å². The smallest absolute Gasteiger partial charge is 0.375 e. The zero-order valence-electron chi connectivity index (χ0n) is 12.9. The number of benzene rings is 2. The fourth-order valence-electron chi connectivity index (χ4n) is 2.08. The van der Waals surface area contributed by atoms with Crippen LogP contribution in [0.4, 0.5) is 18.9 Å². The van der Waals surface area contributed by atoms with Gasteiger partial charge >= 0.3 is 6.18 Å². The molecule has 2 aromatic carbocycles. The van der Waals surface area contributed by atoms with Crippen LogP contribution in [0.3, 0.4) is 0 Å². The third-order valence-corrected chi connectivity index (χ3v) is 3.80. The second-order valence-electron chi connectivity index (χ2n) is 5.25. The number of hydrogen-bond donors (Lipinski definition) is 2. The first-order valence-corrected chi connectivity index (χ1v) is 7.57. The summed E-state index contributed by atoms with van der Waals surface area (Å²) < 4.78 is 38.1. The van der Waals surface area contributed by atoms with Crippen LogP contribution in [-0.2, 0) is 17.5 Å². The molecule has 0 atom stereocenters. The van der Waals surface area contributed by atoms with Gasteiger partial charge < -0.3 is 10.6 Å². The Morgan fingerprint density at radius 1 is 1.17 bits per heavy atom. The molecule has 0 aliphatic rings. The molecule has 1 amide bonds. The Bertz CT molecular complexity index is 732. The van der Waals surface area contributed by atoms with E-state index in [1.54, 1.807) is 0 Å². The Morgan fingerprint density at radius 2 is 1.88 bits per heavy atom. The van der Waals surface area contributed by atoms with Gasteiger partial charge in [-0.15, -0.1) is 0 Å². The molecule has 0 spiro atoms. The van der Waals surface area contributed by atoms with Gasteiger partial charge in [-0.05, 0) is 36.2 Å². The number of carbonyl (C=O) groups excluding carboxylic acids is 1. The third kappa shape index (κ3) is 4.89. The summed E-state index contributed by atoms with van der Waals surface area (Å²) in [6.45, 7) is 2.11. The molecule has 0 aliphatic carbocycles. The second kappa shape index (κ2) is 7.57. The molecule has 0 fully saturated rings. The average Bonchev–Trinajstić information content (AvgIpc) is 2.52. The molecule has 2 N–H and O–H groups in total. The molecule has 0 saturated heterocycles. The lowest BCUT2D eigenvalue weighted by molar-refractivity contribution is -0.137. The van der Waals surface area contributed by atoms with E-state index in [0.29, 0.717) is 6.54 Å². The summed E-state index contributed by atoms with van der Waals surface area (Å²) in [7, 11) is 0. The molecule has 24 heavy (non-hydrogen) atoms. The van der Waals surface area contributed by atoms with Crippen molar-refractivity contribution in [3.63, 3.8) is 0 Å². The van der Waals surface area contributed by atoms with Crippen molar-refractivity contribution in [1.82, 2.24) is 5.32 Å². The number of hydrogen-bond acceptors (Lipinski definition) is 2. The number of alkyl halides is 3. The quantitative estimate of drug-likeness (QED) is 0.834. The summed E-state index contributed by atoms with van der Waals surface area (Å²) >= 11 is 5.86. The molecule has 0 saturated carbocycles. The molecule has 2 aromatic rings. The van der Waals surface area contributed by atoms with Gasteiger partial charge in [-0.1, -0.05) is 35.9 Å². The Kier molecular flexibility index (Phi) is 5.72. The lowest BCUT2D eigenvalue weighted by Gasteiger charge is -2.13. The van der Waals surface area contributed by atoms with Crippen molar-refractivity contribution < 1.29 is 18.0 Å². The highest BCUT2D eigenvalue weighted by molar-refractivity contribution is 6.33. The maximum atomic E-state index is 12.7. The summed E-state index contributed by atoms with van der Waals surface area (Å²) in [5.41, 5.74) is 1.27. The van der Waals surface area contributed by atoms with Gasteiger partial charge in [0.25, 0.3) is 0 Å². The van der Waals surface area contributed by atoms with Gasteiger partial charge in [0.05, 0.1) is 22.8 Å². The number of halogens is 4. The first kappa shape index (κ1) is 18.1. The van der Waals surface area contributed by atoms with E-state index in [0.717, 1.165) is 29.3 Å². The number of aryl methyl sites for hydroxylation is 1. The minimum absolute atomic E-state index is 0.0672. The van der Waals surface area contributed by atoms with Gasteiger partial charge in [0.1, 0.15) is 0 Å². The minimum Gasteiger partial charge on any atom is -0.375 e. The van der Waals surface area contributed by atoms with E-state index in [9.17, 15) is 18.0 Å². The molecule has 3 nitrogen and oxygen atoms in total. The SMILES string of the molecule is Cc1ccccc1CNC(=O)CNc1cc(C(F)(F)F)ccc1Cl. The van der Waals surface area contributed by atoms with Gasteiger partial charge in [0.15, 0.2) is 0 Å². The third-order valence-electron chi connectivity index (χ3n) is 3.47. The van der Waals surface area contributed by atoms with Crippen molar-refractivity contribution in [1.29, 1.82) is 0 Å². The monoisotopic (exact) mass is 356 g/mol. The van der Waals surface area contributed by atoms with Crippen molar-refractivity contribution in [3.05, 3.63) is 64.2 Å². The van der Waals surface area contributed by atoms with Gasteiger partial charge in [0.2, 0.25) is 5.91 Å². The maximum Gasteiger partial charge on any atom is 0.416 e. The molecule has 0 unspecified atom stereocenters. The summed E-state index contributed by atoms with van der Waals surface area (Å²) in [5.74, 6) is -0.341. The molecule has 7 heteroatoms. The summed E-state index contributed by atoms with van der Waals surface area (Å²) in [4.78, 5) is 11.9. The van der Waals surface area contributed by atoms with E-state index in [1.165, 1.54) is 0 Å². The molecule has 0 aliphatic heterocycles. The fourth-order valence-corrected chi connectivity index (χ4v) is 2.26. The topological polar surface area (TPSA) is 41.1 Å². The molecule has 0 heterocycles. The first-order valence-electron chi connectivity index (χ1n) is 7.19. The van der Waals surface area contributed by atoms with E-state index in [2.05, 4.69) is 10.6 Å². The van der Waals surface area contributed by atoms with Gasteiger partial charge in [-0.3, -0.25) is 4.79 Å². The maximum absolute atomic E-state index is 12.7. The number of carbonyl (C=O) groups is 1. The highest BCUT2D eigenvalue weighted by atomic mass is 35.5. The molecule has 0 bridgehead atoms. The lowest BCUT2D eigenvalue weighted by Crippen LogP contribution is -2.29. The van der Waals surface area contributed by atoms with Crippen LogP contribution in [0.15, 0.2) is 42.5 Å². The molecular formula is C17H16ClF3N2O. The Hall–Kier alpha value is -2.21. The first-order chi connectivity index (χ1) is 11.3. The van der Waals surface area contributed by atoms with Gasteiger partial charge in [-0.2, -0.15) is 13.2 Å². The second-order valence-corrected chi connectivity index (χ2v) is 5.66. The Labute approximate surface area is 142 Å². The zero-order chi connectivity index (χ0) is 17.7. The van der Waals surface area contributed by atoms with Crippen LogP contribution in [0.2, 0.25) is 5.02 Å². The molecule has 128 valence electrons. The fraction of sp³-hybridized carbons (Fsp3) is 0.235. The normalized spacial score (nSPS) is 11.2. The standard InChI is InChI=1S/C17H16ClF3N2O/c1-11-4-2-3-5-12(11)9-23-16(24)10-22-15-8-13(17(19,20)21)6-7-14(15)18/h2-8,22H,9-10H2,1H3,(H,23,24). The number of rotatable bonds is 5. The van der Waals surface area contributed by atoms with E-state index < -0.39 is 11.7 Å². The van der Waals surface area contributed by atoms with E-state index >= 15 is 0 Å². The van der Waals surface area contributed by atoms with Crippen LogP contribution in [0.5, 0.6) is 0 Å². The highest BCUT2D eigenvalue weighted by Gasteiger charge is 2.30. The van der Waals surface area contributed by atoms with Crippen LogP contribution < -0.4 is 10.6 Å². The van der Waals surface area contributed by atoms with E-state index in [1.807, 2.05) is 31.2 Å². The minimum atomic E-state index is -4.46. The van der Waals surface area contributed by atoms with Crippen LogP contribution in [0, 0.1) is 6.92 Å². The Balaban J connectivity index is 1.93. The van der Waals surface area contributed by atoms with Crippen LogP contribution in [-0.4, -0.2) is 12.5 Å². The van der Waals surface area contributed by atoms with Crippen LogP contribution >= 0.6 is 11.6 Å². The average molecular weight is 357 g/mol.